The topological polar surface area (TPSA) is 0 Å². The first-order valence-electron chi connectivity index (χ1n) is 5.63. The van der Waals surface area contributed by atoms with Crippen molar-refractivity contribution in [3.63, 3.8) is 0 Å². The predicted molar refractivity (Wildman–Crippen MR) is 64.3 cm³/mol. The van der Waals surface area contributed by atoms with Crippen LogP contribution in [0.2, 0.25) is 0 Å². The van der Waals surface area contributed by atoms with Crippen LogP contribution < -0.4 is 0 Å². The van der Waals surface area contributed by atoms with Crippen LogP contribution in [-0.2, 0) is 0 Å². The van der Waals surface area contributed by atoms with E-state index in [1.165, 1.54) is 32.1 Å². The third-order valence-electron chi connectivity index (χ3n) is 2.29. The summed E-state index contributed by atoms with van der Waals surface area (Å²) in [6, 6.07) is 0. The highest BCUT2D eigenvalue weighted by atomic mass is 13.9. The van der Waals surface area contributed by atoms with Crippen LogP contribution in [0.3, 0.4) is 0 Å². The van der Waals surface area contributed by atoms with E-state index in [9.17, 15) is 0 Å². The van der Waals surface area contributed by atoms with Gasteiger partial charge in [-0.15, -0.1) is 0 Å². The summed E-state index contributed by atoms with van der Waals surface area (Å²) in [7, 11) is 0. The monoisotopic (exact) mass is 188 g/mol. The lowest BCUT2D eigenvalue weighted by molar-refractivity contribution is 0.695. The second-order valence-electron chi connectivity index (χ2n) is 3.59. The van der Waals surface area contributed by atoms with Crippen molar-refractivity contribution in [2.75, 3.05) is 0 Å². The molecule has 1 rings (SSSR count). The number of allylic oxidation sites excluding steroid dienone is 8. The quantitative estimate of drug-likeness (QED) is 0.489. The van der Waals surface area contributed by atoms with Gasteiger partial charge in [-0.1, -0.05) is 55.0 Å². The smallest absolute Gasteiger partial charge is 0.0166 e. The minimum Gasteiger partial charge on any atom is -0.0882 e. The zero-order chi connectivity index (χ0) is 9.90. The van der Waals surface area contributed by atoms with Crippen molar-refractivity contribution in [1.82, 2.24) is 0 Å². The molecule has 0 amide bonds. The van der Waals surface area contributed by atoms with Crippen molar-refractivity contribution < 1.29 is 0 Å². The van der Waals surface area contributed by atoms with Crippen LogP contribution in [-0.4, -0.2) is 0 Å². The average molecular weight is 188 g/mol. The van der Waals surface area contributed by atoms with E-state index in [2.05, 4.69) is 48.6 Å². The van der Waals surface area contributed by atoms with Gasteiger partial charge in [0.2, 0.25) is 0 Å². The SMILES string of the molecule is C1=C/C=C/C/C=C/CCCCCC=C1. The van der Waals surface area contributed by atoms with Crippen molar-refractivity contribution >= 4 is 0 Å². The zero-order valence-electron chi connectivity index (χ0n) is 8.86. The summed E-state index contributed by atoms with van der Waals surface area (Å²) >= 11 is 0. The molecule has 0 atom stereocenters. The van der Waals surface area contributed by atoms with Crippen molar-refractivity contribution in [3.8, 4) is 0 Å². The van der Waals surface area contributed by atoms with Crippen LogP contribution >= 0.6 is 0 Å². The Kier molecular flexibility index (Phi) is 6.74. The maximum Gasteiger partial charge on any atom is -0.0166 e. The van der Waals surface area contributed by atoms with Gasteiger partial charge in [-0.25, -0.2) is 0 Å². The van der Waals surface area contributed by atoms with Crippen LogP contribution in [0.5, 0.6) is 0 Å². The summed E-state index contributed by atoms with van der Waals surface area (Å²) in [6.45, 7) is 0. The van der Waals surface area contributed by atoms with Gasteiger partial charge in [0.15, 0.2) is 0 Å². The number of hydrogen-bond donors (Lipinski definition) is 0. The normalized spacial score (nSPS) is 24.0. The van der Waals surface area contributed by atoms with Gasteiger partial charge in [-0.2, -0.15) is 0 Å². The molecule has 0 unspecified atom stereocenters. The first-order chi connectivity index (χ1) is 7.00. The Bertz CT molecular complexity index is 228. The number of rotatable bonds is 0. The van der Waals surface area contributed by atoms with Crippen molar-refractivity contribution in [1.29, 1.82) is 0 Å². The van der Waals surface area contributed by atoms with Crippen LogP contribution in [0.1, 0.15) is 38.5 Å². The molecule has 0 saturated heterocycles. The van der Waals surface area contributed by atoms with Gasteiger partial charge in [0.1, 0.15) is 0 Å². The molecule has 0 aliphatic heterocycles. The van der Waals surface area contributed by atoms with Gasteiger partial charge in [0.05, 0.1) is 0 Å². The van der Waals surface area contributed by atoms with Crippen molar-refractivity contribution in [2.45, 2.75) is 38.5 Å². The fourth-order valence-corrected chi connectivity index (χ4v) is 1.45. The summed E-state index contributed by atoms with van der Waals surface area (Å²) in [5.41, 5.74) is 0. The van der Waals surface area contributed by atoms with Gasteiger partial charge < -0.3 is 0 Å². The van der Waals surface area contributed by atoms with Gasteiger partial charge in [0, 0.05) is 0 Å². The first kappa shape index (κ1) is 11.0. The third-order valence-corrected chi connectivity index (χ3v) is 2.29. The van der Waals surface area contributed by atoms with Gasteiger partial charge >= 0.3 is 0 Å². The largest absolute Gasteiger partial charge is 0.0882 e. The molecule has 0 heteroatoms. The second kappa shape index (κ2) is 8.55. The van der Waals surface area contributed by atoms with Crippen molar-refractivity contribution in [2.24, 2.45) is 0 Å². The van der Waals surface area contributed by atoms with E-state index in [1.807, 2.05) is 0 Å². The summed E-state index contributed by atoms with van der Waals surface area (Å²) < 4.78 is 0. The zero-order valence-corrected chi connectivity index (χ0v) is 8.86. The lowest BCUT2D eigenvalue weighted by atomic mass is 10.1. The van der Waals surface area contributed by atoms with Crippen LogP contribution in [0.4, 0.5) is 0 Å². The van der Waals surface area contributed by atoms with E-state index >= 15 is 0 Å². The molecule has 0 bridgehead atoms. The fourth-order valence-electron chi connectivity index (χ4n) is 1.45. The lowest BCUT2D eigenvalue weighted by Crippen LogP contribution is -1.75. The summed E-state index contributed by atoms with van der Waals surface area (Å²) in [5.74, 6) is 0. The van der Waals surface area contributed by atoms with Gasteiger partial charge in [0.25, 0.3) is 0 Å². The molecule has 0 heterocycles. The average Bonchev–Trinajstić information content (AvgIpc) is 2.22. The molecule has 0 aromatic rings. The Morgan fingerprint density at radius 3 is 2.07 bits per heavy atom. The predicted octanol–water partition coefficient (Wildman–Crippen LogP) is 4.57. The molecule has 0 radical (unpaired) electrons. The highest BCUT2D eigenvalue weighted by Crippen LogP contribution is 2.05. The molecule has 1 aliphatic rings. The summed E-state index contributed by atoms with van der Waals surface area (Å²) in [6.07, 6.45) is 25.0. The minimum atomic E-state index is 1.06. The molecular weight excluding hydrogens is 168 g/mol. The summed E-state index contributed by atoms with van der Waals surface area (Å²) in [4.78, 5) is 0. The molecule has 0 saturated carbocycles. The maximum atomic E-state index is 2.30. The molecule has 0 fully saturated rings. The Balaban J connectivity index is 2.36. The van der Waals surface area contributed by atoms with Crippen LogP contribution in [0, 0.1) is 0 Å². The molecule has 76 valence electrons. The minimum absolute atomic E-state index is 1.06. The molecule has 14 heavy (non-hydrogen) atoms. The van der Waals surface area contributed by atoms with Crippen LogP contribution in [0.25, 0.3) is 0 Å². The second-order valence-corrected chi connectivity index (χ2v) is 3.59. The molecule has 0 spiro atoms. The highest BCUT2D eigenvalue weighted by molar-refractivity contribution is 5.11. The Morgan fingerprint density at radius 2 is 1.21 bits per heavy atom. The van der Waals surface area contributed by atoms with Crippen molar-refractivity contribution in [3.05, 3.63) is 48.6 Å². The van der Waals surface area contributed by atoms with E-state index in [-0.39, 0.29) is 0 Å². The molecule has 0 aromatic carbocycles. The summed E-state index contributed by atoms with van der Waals surface area (Å²) in [5, 5.41) is 0. The third kappa shape index (κ3) is 6.47. The Labute approximate surface area is 87.7 Å². The van der Waals surface area contributed by atoms with Gasteiger partial charge in [-0.05, 0) is 32.1 Å². The van der Waals surface area contributed by atoms with Crippen LogP contribution in [0.15, 0.2) is 48.6 Å². The standard InChI is InChI=1S/C14H20/c1-2-4-6-8-10-12-14-13-11-9-7-5-3-1/h1-6,9,11H,7-8,10,12-14H2/b2-1?,5-3+,6-4?,11-9+. The van der Waals surface area contributed by atoms with E-state index in [0.717, 1.165) is 6.42 Å². The lowest BCUT2D eigenvalue weighted by Gasteiger charge is -1.95. The molecule has 0 aromatic heterocycles. The van der Waals surface area contributed by atoms with E-state index in [4.69, 9.17) is 0 Å². The first-order valence-corrected chi connectivity index (χ1v) is 5.63. The molecule has 0 nitrogen and oxygen atoms in total. The molecule has 0 N–H and O–H groups in total. The molecule has 1 aliphatic carbocycles. The Hall–Kier alpha value is -1.04. The van der Waals surface area contributed by atoms with E-state index in [0.29, 0.717) is 0 Å². The van der Waals surface area contributed by atoms with Gasteiger partial charge in [-0.3, -0.25) is 0 Å². The Morgan fingerprint density at radius 1 is 0.500 bits per heavy atom. The number of hydrogen-bond acceptors (Lipinski definition) is 0. The maximum absolute atomic E-state index is 2.30. The van der Waals surface area contributed by atoms with E-state index in [1.54, 1.807) is 0 Å². The molecular formula is C14H20. The highest BCUT2D eigenvalue weighted by Gasteiger charge is 1.85. The van der Waals surface area contributed by atoms with E-state index < -0.39 is 0 Å². The fraction of sp³-hybridized carbons (Fsp3) is 0.429.